The maximum atomic E-state index is 5.85. The first kappa shape index (κ1) is 21.0. The second kappa shape index (κ2) is 10.2. The largest absolute Gasteiger partial charge is 0.496 e. The number of ether oxygens (including phenoxy) is 4. The van der Waals surface area contributed by atoms with Crippen LogP contribution in [0.15, 0.2) is 60.7 Å². The molecule has 0 spiro atoms. The molecule has 0 heterocycles. The van der Waals surface area contributed by atoms with Crippen molar-refractivity contribution in [1.29, 1.82) is 0 Å². The fourth-order valence-electron chi connectivity index (χ4n) is 3.21. The average molecular weight is 395 g/mol. The lowest BCUT2D eigenvalue weighted by Gasteiger charge is -2.17. The third kappa shape index (κ3) is 5.64. The molecule has 2 unspecified atom stereocenters. The topological polar surface area (TPSA) is 36.9 Å². The van der Waals surface area contributed by atoms with Gasteiger partial charge in [-0.2, -0.15) is 0 Å². The van der Waals surface area contributed by atoms with Crippen LogP contribution in [0.25, 0.3) is 10.8 Å². The van der Waals surface area contributed by atoms with Gasteiger partial charge in [0.1, 0.15) is 23.9 Å². The Balaban J connectivity index is 1.47. The average Bonchev–Trinajstić information content (AvgIpc) is 2.76. The van der Waals surface area contributed by atoms with Crippen molar-refractivity contribution in [2.45, 2.75) is 39.4 Å². The lowest BCUT2D eigenvalue weighted by molar-refractivity contribution is -0.0739. The quantitative estimate of drug-likeness (QED) is 0.304. The highest BCUT2D eigenvalue weighted by Gasteiger charge is 2.08. The van der Waals surface area contributed by atoms with Gasteiger partial charge in [0.05, 0.1) is 13.7 Å². The summed E-state index contributed by atoms with van der Waals surface area (Å²) in [7, 11) is 1.67. The monoisotopic (exact) mass is 394 g/mol. The molecule has 0 aliphatic carbocycles. The van der Waals surface area contributed by atoms with E-state index in [0.29, 0.717) is 19.1 Å². The molecule has 29 heavy (non-hydrogen) atoms. The molecule has 2 atom stereocenters. The zero-order valence-electron chi connectivity index (χ0n) is 17.7. The Kier molecular flexibility index (Phi) is 7.36. The van der Waals surface area contributed by atoms with Crippen LogP contribution in [0.4, 0.5) is 0 Å². The molecular formula is C25H30O4. The van der Waals surface area contributed by atoms with E-state index in [4.69, 9.17) is 18.9 Å². The Hall–Kier alpha value is -2.72. The van der Waals surface area contributed by atoms with Crippen molar-refractivity contribution < 1.29 is 18.9 Å². The lowest BCUT2D eigenvalue weighted by Crippen LogP contribution is -2.19. The summed E-state index contributed by atoms with van der Waals surface area (Å²) >= 11 is 0. The molecule has 0 fully saturated rings. The predicted molar refractivity (Wildman–Crippen MR) is 117 cm³/mol. The number of hydrogen-bond acceptors (Lipinski definition) is 4. The van der Waals surface area contributed by atoms with Gasteiger partial charge in [-0.25, -0.2) is 0 Å². The molecule has 0 aliphatic heterocycles. The molecular weight excluding hydrogens is 364 g/mol. The predicted octanol–water partition coefficient (Wildman–Crippen LogP) is 6.18. The van der Waals surface area contributed by atoms with Gasteiger partial charge in [0, 0.05) is 11.5 Å². The standard InChI is InChI=1S/C25H30O4/c1-5-18(2)20-10-12-22(13-11-20)29-19(3)27-14-15-28-23-16-21-8-6-7-9-24(21)25(17-23)26-4/h6-13,16-19H,5,14-15H2,1-4H3. The third-order valence-corrected chi connectivity index (χ3v) is 5.09. The summed E-state index contributed by atoms with van der Waals surface area (Å²) in [6.45, 7) is 7.18. The van der Waals surface area contributed by atoms with E-state index in [1.807, 2.05) is 55.5 Å². The van der Waals surface area contributed by atoms with Crippen LogP contribution < -0.4 is 14.2 Å². The van der Waals surface area contributed by atoms with Crippen molar-refractivity contribution in [3.8, 4) is 17.2 Å². The molecule has 0 saturated heterocycles. The van der Waals surface area contributed by atoms with Crippen molar-refractivity contribution in [2.24, 2.45) is 0 Å². The Morgan fingerprint density at radius 2 is 1.62 bits per heavy atom. The summed E-state index contributed by atoms with van der Waals surface area (Å²) in [4.78, 5) is 0. The van der Waals surface area contributed by atoms with Crippen LogP contribution in [-0.2, 0) is 4.74 Å². The number of fused-ring (bicyclic) bond motifs is 1. The van der Waals surface area contributed by atoms with E-state index >= 15 is 0 Å². The first-order valence-electron chi connectivity index (χ1n) is 10.2. The van der Waals surface area contributed by atoms with E-state index in [1.54, 1.807) is 7.11 Å². The number of benzene rings is 3. The summed E-state index contributed by atoms with van der Waals surface area (Å²) in [5.41, 5.74) is 1.33. The third-order valence-electron chi connectivity index (χ3n) is 5.09. The first-order chi connectivity index (χ1) is 14.1. The number of rotatable bonds is 10. The van der Waals surface area contributed by atoms with Crippen LogP contribution >= 0.6 is 0 Å². The van der Waals surface area contributed by atoms with Gasteiger partial charge in [-0.15, -0.1) is 0 Å². The van der Waals surface area contributed by atoms with E-state index in [1.165, 1.54) is 5.56 Å². The van der Waals surface area contributed by atoms with Gasteiger partial charge in [-0.05, 0) is 48.4 Å². The second-order valence-electron chi connectivity index (χ2n) is 7.13. The minimum Gasteiger partial charge on any atom is -0.496 e. The summed E-state index contributed by atoms with van der Waals surface area (Å²) in [6, 6.07) is 20.2. The molecule has 0 saturated carbocycles. The smallest absolute Gasteiger partial charge is 0.197 e. The Morgan fingerprint density at radius 3 is 2.34 bits per heavy atom. The summed E-state index contributed by atoms with van der Waals surface area (Å²) in [5, 5.41) is 2.15. The van der Waals surface area contributed by atoms with Gasteiger partial charge < -0.3 is 18.9 Å². The fraction of sp³-hybridized carbons (Fsp3) is 0.360. The summed E-state index contributed by atoms with van der Waals surface area (Å²) in [6.07, 6.45) is 0.780. The highest BCUT2D eigenvalue weighted by Crippen LogP contribution is 2.31. The van der Waals surface area contributed by atoms with Crippen molar-refractivity contribution in [1.82, 2.24) is 0 Å². The second-order valence-corrected chi connectivity index (χ2v) is 7.13. The molecule has 3 rings (SSSR count). The zero-order chi connectivity index (χ0) is 20.6. The van der Waals surface area contributed by atoms with E-state index in [2.05, 4.69) is 26.0 Å². The highest BCUT2D eigenvalue weighted by atomic mass is 16.7. The zero-order valence-corrected chi connectivity index (χ0v) is 17.7. The minimum absolute atomic E-state index is 0.348. The van der Waals surface area contributed by atoms with Gasteiger partial charge in [0.15, 0.2) is 6.29 Å². The van der Waals surface area contributed by atoms with Crippen LogP contribution in [0.3, 0.4) is 0 Å². The number of hydrogen-bond donors (Lipinski definition) is 0. The van der Waals surface area contributed by atoms with Gasteiger partial charge in [0.25, 0.3) is 0 Å². The summed E-state index contributed by atoms with van der Waals surface area (Å²) in [5.74, 6) is 2.93. The van der Waals surface area contributed by atoms with Crippen molar-refractivity contribution in [3.63, 3.8) is 0 Å². The number of methoxy groups -OCH3 is 1. The maximum absolute atomic E-state index is 5.85. The van der Waals surface area contributed by atoms with E-state index in [9.17, 15) is 0 Å². The fourth-order valence-corrected chi connectivity index (χ4v) is 3.21. The minimum atomic E-state index is -0.348. The van der Waals surface area contributed by atoms with Crippen LogP contribution in [0, 0.1) is 0 Å². The van der Waals surface area contributed by atoms with Crippen molar-refractivity contribution in [2.75, 3.05) is 20.3 Å². The molecule has 0 aromatic heterocycles. The Labute approximate surface area is 173 Å². The Morgan fingerprint density at radius 1 is 0.862 bits per heavy atom. The van der Waals surface area contributed by atoms with Crippen molar-refractivity contribution >= 4 is 10.8 Å². The van der Waals surface area contributed by atoms with Gasteiger partial charge in [-0.3, -0.25) is 0 Å². The molecule has 154 valence electrons. The molecule has 4 heteroatoms. The van der Waals surface area contributed by atoms with Crippen LogP contribution in [0.1, 0.15) is 38.7 Å². The van der Waals surface area contributed by atoms with Gasteiger partial charge in [0.2, 0.25) is 0 Å². The van der Waals surface area contributed by atoms with E-state index in [0.717, 1.165) is 34.4 Å². The SMILES string of the molecule is CCC(C)c1ccc(OC(C)OCCOc2cc(OC)c3ccccc3c2)cc1. The molecule has 0 bridgehead atoms. The van der Waals surface area contributed by atoms with Crippen molar-refractivity contribution in [3.05, 3.63) is 66.2 Å². The summed E-state index contributed by atoms with van der Waals surface area (Å²) < 4.78 is 22.9. The normalized spacial score (nSPS) is 13.1. The lowest BCUT2D eigenvalue weighted by atomic mass is 9.99. The van der Waals surface area contributed by atoms with Crippen LogP contribution in [-0.4, -0.2) is 26.6 Å². The molecule has 0 N–H and O–H groups in total. The van der Waals surface area contributed by atoms with Gasteiger partial charge >= 0.3 is 0 Å². The Bertz CT molecular complexity index is 904. The van der Waals surface area contributed by atoms with E-state index < -0.39 is 0 Å². The van der Waals surface area contributed by atoms with Crippen LogP contribution in [0.5, 0.6) is 17.2 Å². The highest BCUT2D eigenvalue weighted by molar-refractivity contribution is 5.89. The molecule has 0 amide bonds. The van der Waals surface area contributed by atoms with Gasteiger partial charge in [-0.1, -0.05) is 50.2 Å². The molecule has 3 aromatic rings. The molecule has 0 aliphatic rings. The molecule has 3 aromatic carbocycles. The molecule has 0 radical (unpaired) electrons. The molecule has 4 nitrogen and oxygen atoms in total. The van der Waals surface area contributed by atoms with Crippen LogP contribution in [0.2, 0.25) is 0 Å². The first-order valence-corrected chi connectivity index (χ1v) is 10.2. The van der Waals surface area contributed by atoms with E-state index in [-0.39, 0.29) is 6.29 Å². The maximum Gasteiger partial charge on any atom is 0.197 e.